The minimum absolute atomic E-state index is 0.205. The van der Waals surface area contributed by atoms with Gasteiger partial charge in [0.1, 0.15) is 11.5 Å². The van der Waals surface area contributed by atoms with E-state index in [2.05, 4.69) is 5.32 Å². The Morgan fingerprint density at radius 3 is 2.77 bits per heavy atom. The predicted molar refractivity (Wildman–Crippen MR) is 89.5 cm³/mol. The molecule has 1 heterocycles. The fourth-order valence-corrected chi connectivity index (χ4v) is 2.90. The molecule has 1 atom stereocenters. The summed E-state index contributed by atoms with van der Waals surface area (Å²) in [6.07, 6.45) is 0.932. The van der Waals surface area contributed by atoms with E-state index in [1.807, 2.05) is 35.9 Å². The summed E-state index contributed by atoms with van der Waals surface area (Å²) in [5.74, 6) is 0.879. The van der Waals surface area contributed by atoms with Crippen molar-refractivity contribution in [3.63, 3.8) is 0 Å². The van der Waals surface area contributed by atoms with Crippen molar-refractivity contribution in [2.75, 3.05) is 13.2 Å². The zero-order chi connectivity index (χ0) is 16.0. The quantitative estimate of drug-likeness (QED) is 0.698. The fourth-order valence-electron chi connectivity index (χ4n) is 2.12. The van der Waals surface area contributed by atoms with Gasteiger partial charge in [0.15, 0.2) is 0 Å². The van der Waals surface area contributed by atoms with E-state index >= 15 is 0 Å². The van der Waals surface area contributed by atoms with Crippen LogP contribution in [0.5, 0.6) is 11.5 Å². The number of ether oxygens (including phenoxy) is 1. The molecule has 22 heavy (non-hydrogen) atoms. The van der Waals surface area contributed by atoms with Crippen LogP contribution in [0.3, 0.4) is 0 Å². The Morgan fingerprint density at radius 1 is 1.32 bits per heavy atom. The van der Waals surface area contributed by atoms with Gasteiger partial charge in [-0.15, -0.1) is 0 Å². The van der Waals surface area contributed by atoms with Gasteiger partial charge in [-0.3, -0.25) is 0 Å². The molecule has 3 N–H and O–H groups in total. The Morgan fingerprint density at radius 2 is 2.14 bits per heavy atom. The van der Waals surface area contributed by atoms with E-state index in [-0.39, 0.29) is 5.75 Å². The number of aromatic hydroxyl groups is 1. The molecule has 0 amide bonds. The molecule has 0 fully saturated rings. The van der Waals surface area contributed by atoms with Crippen molar-refractivity contribution >= 4 is 11.3 Å². The van der Waals surface area contributed by atoms with Crippen LogP contribution in [0.25, 0.3) is 0 Å². The van der Waals surface area contributed by atoms with Crippen LogP contribution in [0, 0.1) is 0 Å². The van der Waals surface area contributed by atoms with Gasteiger partial charge < -0.3 is 20.3 Å². The zero-order valence-corrected chi connectivity index (χ0v) is 13.8. The third kappa shape index (κ3) is 4.47. The second-order valence-electron chi connectivity index (χ2n) is 5.53. The maximum Gasteiger partial charge on any atom is 0.123 e. The first-order chi connectivity index (χ1) is 10.5. The number of hydrogen-bond donors (Lipinski definition) is 3. The molecule has 0 aliphatic rings. The Labute approximate surface area is 135 Å². The molecular weight excluding hydrogens is 298 g/mol. The van der Waals surface area contributed by atoms with Crippen molar-refractivity contribution in [1.82, 2.24) is 5.32 Å². The predicted octanol–water partition coefficient (Wildman–Crippen LogP) is 3.24. The van der Waals surface area contributed by atoms with E-state index in [0.717, 1.165) is 17.5 Å². The second-order valence-corrected chi connectivity index (χ2v) is 6.31. The lowest BCUT2D eigenvalue weighted by molar-refractivity contribution is 0.0570. The summed E-state index contributed by atoms with van der Waals surface area (Å²) in [6.45, 7) is 5.36. The molecule has 0 saturated carbocycles. The van der Waals surface area contributed by atoms with Gasteiger partial charge in [0.2, 0.25) is 0 Å². The number of thiophene rings is 1. The van der Waals surface area contributed by atoms with Crippen LogP contribution in [0.4, 0.5) is 0 Å². The first-order valence-corrected chi connectivity index (χ1v) is 8.37. The van der Waals surface area contributed by atoms with E-state index in [1.54, 1.807) is 24.3 Å². The van der Waals surface area contributed by atoms with E-state index in [1.165, 1.54) is 0 Å². The van der Waals surface area contributed by atoms with Gasteiger partial charge in [-0.25, -0.2) is 0 Å². The maximum absolute atomic E-state index is 10.4. The highest BCUT2D eigenvalue weighted by atomic mass is 32.1. The molecule has 4 nitrogen and oxygen atoms in total. The van der Waals surface area contributed by atoms with Crippen molar-refractivity contribution in [3.8, 4) is 11.5 Å². The van der Waals surface area contributed by atoms with Crippen molar-refractivity contribution in [2.24, 2.45) is 0 Å². The number of rotatable bonds is 8. The molecule has 0 aliphatic carbocycles. The number of nitrogens with one attached hydrogen (secondary N) is 1. The van der Waals surface area contributed by atoms with Crippen LogP contribution in [-0.2, 0) is 12.1 Å². The van der Waals surface area contributed by atoms with Crippen molar-refractivity contribution in [2.45, 2.75) is 32.4 Å². The number of benzene rings is 1. The smallest absolute Gasteiger partial charge is 0.123 e. The number of hydrogen-bond acceptors (Lipinski definition) is 5. The SMILES string of the molecule is CCCOc1ccc(CNCC(C)(O)c2ccsc2)c(O)c1. The largest absolute Gasteiger partial charge is 0.507 e. The molecule has 0 saturated heterocycles. The molecular formula is C17H23NO3S. The van der Waals surface area contributed by atoms with Crippen LogP contribution < -0.4 is 10.1 Å². The highest BCUT2D eigenvalue weighted by Crippen LogP contribution is 2.25. The van der Waals surface area contributed by atoms with Crippen LogP contribution in [0.15, 0.2) is 35.0 Å². The van der Waals surface area contributed by atoms with Crippen LogP contribution in [0.1, 0.15) is 31.4 Å². The molecule has 1 unspecified atom stereocenters. The van der Waals surface area contributed by atoms with Crippen LogP contribution in [0.2, 0.25) is 0 Å². The minimum Gasteiger partial charge on any atom is -0.507 e. The monoisotopic (exact) mass is 321 g/mol. The minimum atomic E-state index is -0.917. The topological polar surface area (TPSA) is 61.7 Å². The number of phenols is 1. The average Bonchev–Trinajstić information content (AvgIpc) is 3.02. The number of aliphatic hydroxyl groups is 1. The van der Waals surface area contributed by atoms with Crippen LogP contribution >= 0.6 is 11.3 Å². The van der Waals surface area contributed by atoms with E-state index in [0.29, 0.717) is 25.4 Å². The summed E-state index contributed by atoms with van der Waals surface area (Å²) in [6, 6.07) is 7.24. The lowest BCUT2D eigenvalue weighted by Gasteiger charge is -2.23. The van der Waals surface area contributed by atoms with Crippen molar-refractivity contribution in [3.05, 3.63) is 46.2 Å². The van der Waals surface area contributed by atoms with Gasteiger partial charge in [-0.1, -0.05) is 13.0 Å². The summed E-state index contributed by atoms with van der Waals surface area (Å²) in [4.78, 5) is 0. The molecule has 120 valence electrons. The summed E-state index contributed by atoms with van der Waals surface area (Å²) in [5, 5.41) is 27.5. The molecule has 2 rings (SSSR count). The summed E-state index contributed by atoms with van der Waals surface area (Å²) >= 11 is 1.57. The third-order valence-electron chi connectivity index (χ3n) is 3.46. The van der Waals surface area contributed by atoms with Crippen LogP contribution in [-0.4, -0.2) is 23.4 Å². The highest BCUT2D eigenvalue weighted by molar-refractivity contribution is 7.08. The highest BCUT2D eigenvalue weighted by Gasteiger charge is 2.22. The molecule has 0 bridgehead atoms. The molecule has 0 radical (unpaired) electrons. The summed E-state index contributed by atoms with van der Waals surface area (Å²) < 4.78 is 5.48. The standard InChI is InChI=1S/C17H23NO3S/c1-3-7-21-15-5-4-13(16(19)9-15)10-18-12-17(2,20)14-6-8-22-11-14/h4-6,8-9,11,18-20H,3,7,10,12H2,1-2H3. The average molecular weight is 321 g/mol. The van der Waals surface area contributed by atoms with Gasteiger partial charge in [0, 0.05) is 24.7 Å². The molecule has 2 aromatic rings. The first-order valence-electron chi connectivity index (χ1n) is 7.43. The first kappa shape index (κ1) is 16.8. The van der Waals surface area contributed by atoms with Crippen molar-refractivity contribution in [1.29, 1.82) is 0 Å². The molecule has 0 spiro atoms. The Kier molecular flexibility index (Phi) is 5.83. The third-order valence-corrected chi connectivity index (χ3v) is 4.14. The second kappa shape index (κ2) is 7.63. The lowest BCUT2D eigenvalue weighted by Crippen LogP contribution is -2.34. The maximum atomic E-state index is 10.4. The van der Waals surface area contributed by atoms with E-state index in [4.69, 9.17) is 4.74 Å². The normalized spacial score (nSPS) is 13.8. The summed E-state index contributed by atoms with van der Waals surface area (Å²) in [5.41, 5.74) is 0.766. The molecule has 1 aromatic heterocycles. The molecule has 5 heteroatoms. The molecule has 0 aliphatic heterocycles. The Bertz CT molecular complexity index is 582. The fraction of sp³-hybridized carbons (Fsp3) is 0.412. The van der Waals surface area contributed by atoms with E-state index < -0.39 is 5.60 Å². The lowest BCUT2D eigenvalue weighted by atomic mass is 9.99. The number of phenolic OH excluding ortho intramolecular Hbond substituents is 1. The van der Waals surface area contributed by atoms with Gasteiger partial charge in [0.05, 0.1) is 12.2 Å². The van der Waals surface area contributed by atoms with Crippen molar-refractivity contribution < 1.29 is 14.9 Å². The Hall–Kier alpha value is -1.56. The van der Waals surface area contributed by atoms with Gasteiger partial charge in [0.25, 0.3) is 0 Å². The molecule has 1 aromatic carbocycles. The zero-order valence-electron chi connectivity index (χ0n) is 13.0. The summed E-state index contributed by atoms with van der Waals surface area (Å²) in [7, 11) is 0. The van der Waals surface area contributed by atoms with Gasteiger partial charge >= 0.3 is 0 Å². The van der Waals surface area contributed by atoms with E-state index in [9.17, 15) is 10.2 Å². The van der Waals surface area contributed by atoms with Gasteiger partial charge in [-0.05, 0) is 41.8 Å². The van der Waals surface area contributed by atoms with Gasteiger partial charge in [-0.2, -0.15) is 11.3 Å². The Balaban J connectivity index is 1.89.